The predicted molar refractivity (Wildman–Crippen MR) is 71.0 cm³/mol. The third-order valence-corrected chi connectivity index (χ3v) is 3.25. The molecule has 0 radical (unpaired) electrons. The van der Waals surface area contributed by atoms with Crippen molar-refractivity contribution >= 4 is 23.4 Å². The Kier molecular flexibility index (Phi) is 6.53. The monoisotopic (exact) mass is 272 g/mol. The molecular weight excluding hydrogens is 255 g/mol. The van der Waals surface area contributed by atoms with Gasteiger partial charge in [0.05, 0.1) is 5.75 Å². The van der Waals surface area contributed by atoms with Crippen LogP contribution in [0.4, 0.5) is 10.1 Å². The Morgan fingerprint density at radius 2 is 2.33 bits per heavy atom. The van der Waals surface area contributed by atoms with Crippen molar-refractivity contribution < 1.29 is 13.9 Å². The van der Waals surface area contributed by atoms with Gasteiger partial charge in [-0.15, -0.1) is 11.8 Å². The van der Waals surface area contributed by atoms with Crippen LogP contribution in [0.3, 0.4) is 0 Å². The molecule has 0 aliphatic heterocycles. The van der Waals surface area contributed by atoms with Crippen LogP contribution in [0.1, 0.15) is 6.42 Å². The summed E-state index contributed by atoms with van der Waals surface area (Å²) in [5.41, 5.74) is 6.16. The van der Waals surface area contributed by atoms with Gasteiger partial charge in [-0.1, -0.05) is 0 Å². The predicted octanol–water partition coefficient (Wildman–Crippen LogP) is 1.65. The number of amides is 1. The lowest BCUT2D eigenvalue weighted by Crippen LogP contribution is -2.26. The van der Waals surface area contributed by atoms with Gasteiger partial charge in [-0.2, -0.15) is 0 Å². The number of nitrogen functional groups attached to an aromatic ring is 1. The Bertz CT molecular complexity index is 402. The van der Waals surface area contributed by atoms with Crippen molar-refractivity contribution in [2.45, 2.75) is 11.3 Å². The zero-order valence-corrected chi connectivity index (χ0v) is 11.1. The molecule has 4 nitrogen and oxygen atoms in total. The highest BCUT2D eigenvalue weighted by molar-refractivity contribution is 8.00. The number of nitrogens with two attached hydrogens (primary N) is 1. The van der Waals surface area contributed by atoms with Crippen LogP contribution in [-0.2, 0) is 9.53 Å². The Balaban J connectivity index is 2.31. The van der Waals surface area contributed by atoms with E-state index in [9.17, 15) is 9.18 Å². The van der Waals surface area contributed by atoms with Gasteiger partial charge in [-0.25, -0.2) is 4.39 Å². The summed E-state index contributed by atoms with van der Waals surface area (Å²) in [6, 6.07) is 4.12. The molecule has 1 rings (SSSR count). The fraction of sp³-hybridized carbons (Fsp3) is 0.417. The summed E-state index contributed by atoms with van der Waals surface area (Å²) < 4.78 is 17.8. The number of hydrogen-bond donors (Lipinski definition) is 2. The minimum atomic E-state index is -0.354. The number of hydrogen-bond acceptors (Lipinski definition) is 4. The molecular formula is C12H17FN2O2S. The summed E-state index contributed by atoms with van der Waals surface area (Å²) in [6.07, 6.45) is 0.773. The maximum absolute atomic E-state index is 13.0. The number of rotatable bonds is 7. The topological polar surface area (TPSA) is 64.3 Å². The van der Waals surface area contributed by atoms with Crippen molar-refractivity contribution in [2.75, 3.05) is 31.7 Å². The number of halogens is 1. The molecule has 18 heavy (non-hydrogen) atoms. The third-order valence-electron chi connectivity index (χ3n) is 2.18. The summed E-state index contributed by atoms with van der Waals surface area (Å²) in [5.74, 6) is -0.229. The van der Waals surface area contributed by atoms with E-state index in [0.717, 1.165) is 6.42 Å². The average Bonchev–Trinajstić information content (AvgIpc) is 2.36. The van der Waals surface area contributed by atoms with Crippen LogP contribution < -0.4 is 11.1 Å². The lowest BCUT2D eigenvalue weighted by molar-refractivity contribution is -0.118. The second kappa shape index (κ2) is 7.94. The van der Waals surface area contributed by atoms with Crippen LogP contribution in [0.2, 0.25) is 0 Å². The van der Waals surface area contributed by atoms with Gasteiger partial charge in [0.15, 0.2) is 0 Å². The normalized spacial score (nSPS) is 10.3. The van der Waals surface area contributed by atoms with Crippen LogP contribution in [0.5, 0.6) is 0 Å². The lowest BCUT2D eigenvalue weighted by atomic mass is 10.3. The summed E-state index contributed by atoms with van der Waals surface area (Å²) in [5, 5.41) is 2.75. The zero-order chi connectivity index (χ0) is 13.4. The number of benzene rings is 1. The van der Waals surface area contributed by atoms with Crippen LogP contribution in [0, 0.1) is 5.82 Å². The molecule has 0 bridgehead atoms. The molecule has 1 aromatic carbocycles. The Morgan fingerprint density at radius 3 is 3.06 bits per heavy atom. The van der Waals surface area contributed by atoms with E-state index in [2.05, 4.69) is 5.32 Å². The first kappa shape index (κ1) is 14.8. The third kappa shape index (κ3) is 5.37. The minimum Gasteiger partial charge on any atom is -0.398 e. The van der Waals surface area contributed by atoms with Crippen molar-refractivity contribution in [3.05, 3.63) is 24.0 Å². The SMILES string of the molecule is COCCCNC(=O)CSc1cc(F)ccc1N. The zero-order valence-electron chi connectivity index (χ0n) is 10.2. The van der Waals surface area contributed by atoms with Gasteiger partial charge in [0.2, 0.25) is 5.91 Å². The largest absolute Gasteiger partial charge is 0.398 e. The van der Waals surface area contributed by atoms with Gasteiger partial charge in [0.25, 0.3) is 0 Å². The smallest absolute Gasteiger partial charge is 0.230 e. The van der Waals surface area contributed by atoms with Crippen molar-refractivity contribution in [1.29, 1.82) is 0 Å². The second-order valence-electron chi connectivity index (χ2n) is 3.67. The Labute approximate surface area is 110 Å². The maximum atomic E-state index is 13.0. The molecule has 1 amide bonds. The summed E-state index contributed by atoms with van der Waals surface area (Å²) in [6.45, 7) is 1.19. The number of methoxy groups -OCH3 is 1. The second-order valence-corrected chi connectivity index (χ2v) is 4.68. The van der Waals surface area contributed by atoms with E-state index in [0.29, 0.717) is 23.7 Å². The van der Waals surface area contributed by atoms with Crippen LogP contribution >= 0.6 is 11.8 Å². The van der Waals surface area contributed by atoms with Crippen LogP contribution in [-0.4, -0.2) is 31.9 Å². The van der Waals surface area contributed by atoms with Gasteiger partial charge >= 0.3 is 0 Å². The summed E-state index contributed by atoms with van der Waals surface area (Å²) >= 11 is 1.22. The lowest BCUT2D eigenvalue weighted by Gasteiger charge is -2.06. The molecule has 6 heteroatoms. The highest BCUT2D eigenvalue weighted by atomic mass is 32.2. The van der Waals surface area contributed by atoms with E-state index >= 15 is 0 Å². The first-order chi connectivity index (χ1) is 8.63. The molecule has 1 aromatic rings. The van der Waals surface area contributed by atoms with E-state index in [-0.39, 0.29) is 17.5 Å². The van der Waals surface area contributed by atoms with E-state index in [1.165, 1.54) is 30.0 Å². The van der Waals surface area contributed by atoms with E-state index in [1.807, 2.05) is 0 Å². The highest BCUT2D eigenvalue weighted by Crippen LogP contribution is 2.25. The molecule has 100 valence electrons. The molecule has 0 saturated carbocycles. The minimum absolute atomic E-state index is 0.0974. The molecule has 0 aromatic heterocycles. The first-order valence-corrected chi connectivity index (χ1v) is 6.55. The number of thioether (sulfide) groups is 1. The van der Waals surface area contributed by atoms with Crippen molar-refractivity contribution in [2.24, 2.45) is 0 Å². The fourth-order valence-corrected chi connectivity index (χ4v) is 2.09. The molecule has 0 saturated heterocycles. The average molecular weight is 272 g/mol. The maximum Gasteiger partial charge on any atom is 0.230 e. The number of anilines is 1. The van der Waals surface area contributed by atoms with Crippen LogP contribution in [0.25, 0.3) is 0 Å². The molecule has 3 N–H and O–H groups in total. The molecule has 0 aliphatic rings. The molecule has 0 heterocycles. The molecule has 0 aliphatic carbocycles. The van der Waals surface area contributed by atoms with Gasteiger partial charge in [-0.3, -0.25) is 4.79 Å². The van der Waals surface area contributed by atoms with Crippen molar-refractivity contribution in [3.8, 4) is 0 Å². The van der Waals surface area contributed by atoms with E-state index in [4.69, 9.17) is 10.5 Å². The highest BCUT2D eigenvalue weighted by Gasteiger charge is 2.06. The van der Waals surface area contributed by atoms with Gasteiger partial charge in [-0.05, 0) is 24.6 Å². The van der Waals surface area contributed by atoms with Gasteiger partial charge < -0.3 is 15.8 Å². The fourth-order valence-electron chi connectivity index (χ4n) is 1.27. The number of carbonyl (C=O) groups excluding carboxylic acids is 1. The molecule has 0 fully saturated rings. The van der Waals surface area contributed by atoms with Crippen molar-refractivity contribution in [3.63, 3.8) is 0 Å². The number of carbonyl (C=O) groups is 1. The van der Waals surface area contributed by atoms with E-state index in [1.54, 1.807) is 7.11 Å². The number of nitrogens with one attached hydrogen (secondary N) is 1. The van der Waals surface area contributed by atoms with Gasteiger partial charge in [0.1, 0.15) is 5.82 Å². The molecule has 0 atom stereocenters. The van der Waals surface area contributed by atoms with Crippen molar-refractivity contribution in [1.82, 2.24) is 5.32 Å². The van der Waals surface area contributed by atoms with E-state index < -0.39 is 0 Å². The summed E-state index contributed by atoms with van der Waals surface area (Å²) in [4.78, 5) is 12.1. The summed E-state index contributed by atoms with van der Waals surface area (Å²) in [7, 11) is 1.62. The standard InChI is InChI=1S/C12H17FN2O2S/c1-17-6-2-5-15-12(16)8-18-11-7-9(13)3-4-10(11)14/h3-4,7H,2,5-6,8,14H2,1H3,(H,15,16). The first-order valence-electron chi connectivity index (χ1n) is 5.57. The molecule has 0 spiro atoms. The van der Waals surface area contributed by atoms with Gasteiger partial charge in [0, 0.05) is 30.8 Å². The molecule has 0 unspecified atom stereocenters. The number of ether oxygens (including phenoxy) is 1. The van der Waals surface area contributed by atoms with Crippen LogP contribution in [0.15, 0.2) is 23.1 Å². The quantitative estimate of drug-likeness (QED) is 0.450. The Morgan fingerprint density at radius 1 is 1.56 bits per heavy atom. The Hall–Kier alpha value is -1.27.